The molecule has 158 valence electrons. The number of para-hydroxylation sites is 1. The van der Waals surface area contributed by atoms with E-state index in [0.29, 0.717) is 19.5 Å². The summed E-state index contributed by atoms with van der Waals surface area (Å²) in [6.07, 6.45) is 3.04. The molecule has 2 aromatic carbocycles. The molecular formula is C23H23N5O3. The predicted molar refractivity (Wildman–Crippen MR) is 116 cm³/mol. The number of hydrogen-bond acceptors (Lipinski definition) is 6. The third-order valence-corrected chi connectivity index (χ3v) is 5.28. The molecule has 0 aliphatic carbocycles. The second-order valence-corrected chi connectivity index (χ2v) is 7.20. The Kier molecular flexibility index (Phi) is 5.90. The van der Waals surface area contributed by atoms with Gasteiger partial charge >= 0.3 is 0 Å². The lowest BCUT2D eigenvalue weighted by Crippen LogP contribution is -2.31. The van der Waals surface area contributed by atoms with Gasteiger partial charge in [0.2, 0.25) is 0 Å². The lowest BCUT2D eigenvalue weighted by atomic mass is 10.1. The first kappa shape index (κ1) is 20.5. The number of methoxy groups -OCH3 is 1. The number of fused-ring (bicyclic) bond motifs is 1. The van der Waals surface area contributed by atoms with Crippen molar-refractivity contribution in [2.45, 2.75) is 19.1 Å². The van der Waals surface area contributed by atoms with Crippen LogP contribution < -0.4 is 16.0 Å². The van der Waals surface area contributed by atoms with Crippen molar-refractivity contribution in [3.63, 3.8) is 0 Å². The minimum absolute atomic E-state index is 0.0358. The highest BCUT2D eigenvalue weighted by atomic mass is 16.5. The fraction of sp³-hybridized carbons (Fsp3) is 0.217. The maximum absolute atomic E-state index is 12.7. The summed E-state index contributed by atoms with van der Waals surface area (Å²) in [6.45, 7) is 0.917. The molecule has 31 heavy (non-hydrogen) atoms. The topological polar surface area (TPSA) is 110 Å². The summed E-state index contributed by atoms with van der Waals surface area (Å²) in [4.78, 5) is 34.5. The second kappa shape index (κ2) is 8.93. The predicted octanol–water partition coefficient (Wildman–Crippen LogP) is 2.27. The Morgan fingerprint density at radius 2 is 1.81 bits per heavy atom. The molecule has 1 aliphatic heterocycles. The first-order valence-corrected chi connectivity index (χ1v) is 9.94. The highest BCUT2D eigenvalue weighted by Gasteiger charge is 2.36. The van der Waals surface area contributed by atoms with Gasteiger partial charge in [-0.3, -0.25) is 9.59 Å². The Morgan fingerprint density at radius 3 is 2.55 bits per heavy atom. The number of nitrogens with zero attached hydrogens (tertiary/aromatic N) is 3. The van der Waals surface area contributed by atoms with E-state index in [4.69, 9.17) is 10.5 Å². The molecule has 0 fully saturated rings. The normalized spacial score (nSPS) is 15.1. The van der Waals surface area contributed by atoms with Crippen molar-refractivity contribution in [3.05, 3.63) is 83.3 Å². The van der Waals surface area contributed by atoms with Crippen LogP contribution in [0.5, 0.6) is 0 Å². The van der Waals surface area contributed by atoms with Crippen molar-refractivity contribution in [1.82, 2.24) is 15.3 Å². The van der Waals surface area contributed by atoms with Gasteiger partial charge < -0.3 is 20.7 Å². The van der Waals surface area contributed by atoms with E-state index in [1.807, 2.05) is 48.5 Å². The molecule has 0 radical (unpaired) electrons. The lowest BCUT2D eigenvalue weighted by Gasteiger charge is -2.18. The summed E-state index contributed by atoms with van der Waals surface area (Å²) in [6, 6.07) is 15.6. The molecule has 2 heterocycles. The zero-order valence-electron chi connectivity index (χ0n) is 17.1. The van der Waals surface area contributed by atoms with Crippen LogP contribution >= 0.6 is 0 Å². The van der Waals surface area contributed by atoms with Crippen molar-refractivity contribution in [2.24, 2.45) is 0 Å². The number of anilines is 2. The molecule has 3 aromatic rings. The van der Waals surface area contributed by atoms with Gasteiger partial charge in [0.1, 0.15) is 0 Å². The SMILES string of the molecule is COC1C(=O)N(CCc2ccc(CNC(=O)c3nccnc3N)cc2)c2ccccc21. The van der Waals surface area contributed by atoms with Gasteiger partial charge in [0.15, 0.2) is 17.6 Å². The zero-order valence-corrected chi connectivity index (χ0v) is 17.1. The molecule has 0 spiro atoms. The summed E-state index contributed by atoms with van der Waals surface area (Å²) in [5, 5.41) is 2.79. The highest BCUT2D eigenvalue weighted by Crippen LogP contribution is 2.37. The van der Waals surface area contributed by atoms with Crippen molar-refractivity contribution in [3.8, 4) is 0 Å². The first-order chi connectivity index (χ1) is 15.1. The van der Waals surface area contributed by atoms with Crippen molar-refractivity contribution in [1.29, 1.82) is 0 Å². The van der Waals surface area contributed by atoms with Crippen molar-refractivity contribution < 1.29 is 14.3 Å². The summed E-state index contributed by atoms with van der Waals surface area (Å²) < 4.78 is 5.39. The number of carbonyl (C=O) groups excluding carboxylic acids is 2. The van der Waals surface area contributed by atoms with Crippen LogP contribution in [0.25, 0.3) is 0 Å². The van der Waals surface area contributed by atoms with E-state index in [2.05, 4.69) is 15.3 Å². The van der Waals surface area contributed by atoms with E-state index < -0.39 is 6.10 Å². The average molecular weight is 417 g/mol. The van der Waals surface area contributed by atoms with Crippen molar-refractivity contribution in [2.75, 3.05) is 24.3 Å². The Hall–Kier alpha value is -3.78. The van der Waals surface area contributed by atoms with E-state index in [0.717, 1.165) is 22.4 Å². The average Bonchev–Trinajstić information content (AvgIpc) is 3.07. The van der Waals surface area contributed by atoms with Gasteiger partial charge in [-0.25, -0.2) is 9.97 Å². The molecule has 3 N–H and O–H groups in total. The van der Waals surface area contributed by atoms with Crippen LogP contribution in [0.1, 0.15) is 33.3 Å². The number of nitrogen functional groups attached to an aromatic ring is 1. The lowest BCUT2D eigenvalue weighted by molar-refractivity contribution is -0.127. The van der Waals surface area contributed by atoms with Gasteiger partial charge in [-0.05, 0) is 23.6 Å². The zero-order chi connectivity index (χ0) is 21.8. The number of carbonyl (C=O) groups is 2. The van der Waals surface area contributed by atoms with E-state index >= 15 is 0 Å². The largest absolute Gasteiger partial charge is 0.382 e. The van der Waals surface area contributed by atoms with E-state index in [-0.39, 0.29) is 23.3 Å². The number of amides is 2. The molecule has 1 aromatic heterocycles. The third kappa shape index (κ3) is 4.24. The number of benzene rings is 2. The number of aromatic nitrogens is 2. The molecule has 1 atom stereocenters. The van der Waals surface area contributed by atoms with Crippen LogP contribution in [-0.2, 0) is 22.5 Å². The fourth-order valence-electron chi connectivity index (χ4n) is 3.66. The molecule has 2 amide bonds. The molecular weight excluding hydrogens is 394 g/mol. The van der Waals surface area contributed by atoms with Gasteiger partial charge in [-0.2, -0.15) is 0 Å². The van der Waals surface area contributed by atoms with Gasteiger partial charge in [0.25, 0.3) is 11.8 Å². The first-order valence-electron chi connectivity index (χ1n) is 9.94. The van der Waals surface area contributed by atoms with Crippen molar-refractivity contribution >= 4 is 23.3 Å². The second-order valence-electron chi connectivity index (χ2n) is 7.20. The fourth-order valence-corrected chi connectivity index (χ4v) is 3.66. The Morgan fingerprint density at radius 1 is 1.10 bits per heavy atom. The van der Waals surface area contributed by atoms with Gasteiger partial charge in [0.05, 0.1) is 5.69 Å². The number of nitrogens with two attached hydrogens (primary N) is 1. The molecule has 8 nitrogen and oxygen atoms in total. The standard InChI is InChI=1S/C23H23N5O3/c1-31-20-17-4-2-3-5-18(17)28(23(20)30)13-10-15-6-8-16(9-7-15)14-27-22(29)19-21(24)26-12-11-25-19/h2-9,11-12,20H,10,13-14H2,1H3,(H2,24,26)(H,27,29). The Balaban J connectivity index is 1.35. The number of hydrogen-bond donors (Lipinski definition) is 2. The highest BCUT2D eigenvalue weighted by molar-refractivity contribution is 6.04. The van der Waals surface area contributed by atoms with Crippen LogP contribution in [0.3, 0.4) is 0 Å². The number of ether oxygens (including phenoxy) is 1. The molecule has 1 aliphatic rings. The monoisotopic (exact) mass is 417 g/mol. The minimum atomic E-state index is -0.537. The van der Waals surface area contributed by atoms with E-state index in [9.17, 15) is 9.59 Å². The molecule has 0 bridgehead atoms. The maximum Gasteiger partial charge on any atom is 0.273 e. The Bertz CT molecular complexity index is 1100. The summed E-state index contributed by atoms with van der Waals surface area (Å²) in [7, 11) is 1.55. The Labute approximate surface area is 180 Å². The van der Waals surface area contributed by atoms with Crippen LogP contribution in [0, 0.1) is 0 Å². The van der Waals surface area contributed by atoms with Crippen LogP contribution in [0.15, 0.2) is 60.9 Å². The molecule has 0 saturated heterocycles. The van der Waals surface area contributed by atoms with Gasteiger partial charge in [-0.1, -0.05) is 42.5 Å². The third-order valence-electron chi connectivity index (χ3n) is 5.28. The summed E-state index contributed by atoms with van der Waals surface area (Å²) in [5.74, 6) is -0.302. The maximum atomic E-state index is 12.7. The minimum Gasteiger partial charge on any atom is -0.382 e. The quantitative estimate of drug-likeness (QED) is 0.610. The number of rotatable bonds is 7. The van der Waals surface area contributed by atoms with Crippen LogP contribution in [0.2, 0.25) is 0 Å². The molecule has 0 saturated carbocycles. The number of nitrogens with one attached hydrogen (secondary N) is 1. The van der Waals surface area contributed by atoms with Gasteiger partial charge in [0, 0.05) is 38.2 Å². The van der Waals surface area contributed by atoms with E-state index in [1.165, 1.54) is 12.4 Å². The van der Waals surface area contributed by atoms with Crippen LogP contribution in [0.4, 0.5) is 11.5 Å². The summed E-state index contributed by atoms with van der Waals surface area (Å²) >= 11 is 0. The molecule has 4 rings (SSSR count). The molecule has 1 unspecified atom stereocenters. The van der Waals surface area contributed by atoms with E-state index in [1.54, 1.807) is 12.0 Å². The summed E-state index contributed by atoms with van der Waals surface area (Å²) in [5.41, 5.74) is 9.65. The molecule has 8 heteroatoms. The van der Waals surface area contributed by atoms with Gasteiger partial charge in [-0.15, -0.1) is 0 Å². The smallest absolute Gasteiger partial charge is 0.273 e. The van der Waals surface area contributed by atoms with Crippen LogP contribution in [-0.4, -0.2) is 35.4 Å².